The van der Waals surface area contributed by atoms with Crippen LogP contribution < -0.4 is 10.1 Å². The summed E-state index contributed by atoms with van der Waals surface area (Å²) in [5.74, 6) is 0.129. The van der Waals surface area contributed by atoms with Crippen LogP contribution >= 0.6 is 35.4 Å². The average molecular weight is 375 g/mol. The number of carbonyl (C=O) groups excluding carboxylic acids is 1. The molecule has 1 heterocycles. The molecule has 0 bridgehead atoms. The van der Waals surface area contributed by atoms with E-state index in [1.54, 1.807) is 25.1 Å². The Hall–Kier alpha value is -1.04. The quantitative estimate of drug-likeness (QED) is 0.810. The highest BCUT2D eigenvalue weighted by Gasteiger charge is 2.20. The van der Waals surface area contributed by atoms with Crippen molar-refractivity contribution >= 4 is 46.4 Å². The second-order valence-corrected chi connectivity index (χ2v) is 6.76. The molecule has 0 saturated carbocycles. The van der Waals surface area contributed by atoms with Gasteiger partial charge in [0.1, 0.15) is 5.75 Å². The summed E-state index contributed by atoms with van der Waals surface area (Å²) in [6.45, 7) is 3.43. The normalized spacial score (nSPS) is 16.4. The maximum Gasteiger partial charge on any atom is 0.266 e. The number of nitrogens with one attached hydrogen (secondary N) is 1. The highest BCUT2D eigenvalue weighted by Crippen LogP contribution is 2.28. The van der Waals surface area contributed by atoms with Gasteiger partial charge in [-0.2, -0.15) is 0 Å². The van der Waals surface area contributed by atoms with Gasteiger partial charge in [-0.3, -0.25) is 10.1 Å². The minimum atomic E-state index is -0.710. The molecule has 1 aromatic rings. The zero-order valence-electron chi connectivity index (χ0n) is 13.0. The molecule has 0 aromatic heterocycles. The van der Waals surface area contributed by atoms with E-state index in [0.717, 1.165) is 25.9 Å². The molecule has 23 heavy (non-hydrogen) atoms. The molecule has 1 amide bonds. The first-order valence-electron chi connectivity index (χ1n) is 7.69. The van der Waals surface area contributed by atoms with Crippen LogP contribution in [0.3, 0.4) is 0 Å². The first-order chi connectivity index (χ1) is 11.0. The minimum Gasteiger partial charge on any atom is -0.479 e. The fourth-order valence-electron chi connectivity index (χ4n) is 2.37. The van der Waals surface area contributed by atoms with Crippen molar-refractivity contribution in [1.82, 2.24) is 10.2 Å². The van der Waals surface area contributed by atoms with Crippen LogP contribution in [0.25, 0.3) is 0 Å². The van der Waals surface area contributed by atoms with E-state index >= 15 is 0 Å². The highest BCUT2D eigenvalue weighted by molar-refractivity contribution is 7.80. The minimum absolute atomic E-state index is 0.287. The molecule has 1 fully saturated rings. The Morgan fingerprint density at radius 1 is 1.26 bits per heavy atom. The van der Waals surface area contributed by atoms with Gasteiger partial charge < -0.3 is 9.64 Å². The lowest BCUT2D eigenvalue weighted by atomic mass is 10.2. The number of benzene rings is 1. The summed E-state index contributed by atoms with van der Waals surface area (Å²) in [6.07, 6.45) is 3.91. The molecule has 1 atom stereocenters. The zero-order valence-corrected chi connectivity index (χ0v) is 15.3. The Morgan fingerprint density at radius 3 is 2.52 bits per heavy atom. The molecule has 0 aliphatic carbocycles. The predicted octanol–water partition coefficient (Wildman–Crippen LogP) is 4.04. The molecule has 0 spiro atoms. The summed E-state index contributed by atoms with van der Waals surface area (Å²) >= 11 is 17.2. The van der Waals surface area contributed by atoms with Crippen LogP contribution in [0.2, 0.25) is 10.0 Å². The number of rotatable bonds is 3. The Balaban J connectivity index is 1.90. The second kappa shape index (κ2) is 8.71. The molecule has 1 unspecified atom stereocenters. The topological polar surface area (TPSA) is 41.6 Å². The number of thiocarbonyl (C=S) groups is 1. The fourth-order valence-corrected chi connectivity index (χ4v) is 3.11. The van der Waals surface area contributed by atoms with Gasteiger partial charge in [0.15, 0.2) is 11.2 Å². The second-order valence-electron chi connectivity index (χ2n) is 5.53. The van der Waals surface area contributed by atoms with Crippen molar-refractivity contribution in [2.45, 2.75) is 38.7 Å². The summed E-state index contributed by atoms with van der Waals surface area (Å²) in [5.41, 5.74) is 0. The van der Waals surface area contributed by atoms with Gasteiger partial charge in [0.2, 0.25) is 0 Å². The highest BCUT2D eigenvalue weighted by atomic mass is 35.5. The standard InChI is InChI=1S/C16H20Cl2N2O2S/c1-11(22-14-7-6-12(17)10-13(14)18)15(21)19-16(23)20-8-4-2-3-5-9-20/h6-7,10-11H,2-5,8-9H2,1H3,(H,19,21,23). The van der Waals surface area contributed by atoms with Gasteiger partial charge in [-0.15, -0.1) is 0 Å². The van der Waals surface area contributed by atoms with Crippen molar-refractivity contribution in [2.75, 3.05) is 13.1 Å². The van der Waals surface area contributed by atoms with Crippen molar-refractivity contribution in [3.63, 3.8) is 0 Å². The first-order valence-corrected chi connectivity index (χ1v) is 8.85. The third-order valence-electron chi connectivity index (χ3n) is 3.69. The largest absolute Gasteiger partial charge is 0.479 e. The van der Waals surface area contributed by atoms with Crippen molar-refractivity contribution in [3.05, 3.63) is 28.2 Å². The van der Waals surface area contributed by atoms with E-state index in [0.29, 0.717) is 20.9 Å². The molecule has 1 N–H and O–H groups in total. The number of hydrogen-bond donors (Lipinski definition) is 1. The third kappa shape index (κ3) is 5.52. The van der Waals surface area contributed by atoms with Gasteiger partial charge in [-0.1, -0.05) is 36.0 Å². The number of nitrogens with zero attached hydrogens (tertiary/aromatic N) is 1. The maximum atomic E-state index is 12.2. The Bertz CT molecular complexity index is 575. The lowest BCUT2D eigenvalue weighted by molar-refractivity contribution is -0.125. The number of likely N-dealkylation sites (tertiary alicyclic amines) is 1. The van der Waals surface area contributed by atoms with E-state index in [1.807, 2.05) is 4.90 Å². The van der Waals surface area contributed by atoms with Crippen LogP contribution in [0.5, 0.6) is 5.75 Å². The summed E-state index contributed by atoms with van der Waals surface area (Å²) in [4.78, 5) is 14.3. The summed E-state index contributed by atoms with van der Waals surface area (Å²) < 4.78 is 5.59. The van der Waals surface area contributed by atoms with Gasteiger partial charge in [0.05, 0.1) is 5.02 Å². The Kier molecular flexibility index (Phi) is 6.93. The van der Waals surface area contributed by atoms with Crippen molar-refractivity contribution in [3.8, 4) is 5.75 Å². The van der Waals surface area contributed by atoms with Crippen LogP contribution in [0, 0.1) is 0 Å². The molecule has 1 aliphatic rings. The molecular weight excluding hydrogens is 355 g/mol. The molecule has 7 heteroatoms. The van der Waals surface area contributed by atoms with Crippen LogP contribution in [0.4, 0.5) is 0 Å². The smallest absolute Gasteiger partial charge is 0.266 e. The SMILES string of the molecule is CC(Oc1ccc(Cl)cc1Cl)C(=O)NC(=S)N1CCCCCC1. The van der Waals surface area contributed by atoms with Crippen LogP contribution in [0.15, 0.2) is 18.2 Å². The number of halogens is 2. The number of ether oxygens (including phenoxy) is 1. The van der Waals surface area contributed by atoms with E-state index in [2.05, 4.69) is 5.32 Å². The third-order valence-corrected chi connectivity index (χ3v) is 4.58. The summed E-state index contributed by atoms with van der Waals surface area (Å²) in [5, 5.41) is 4.10. The zero-order chi connectivity index (χ0) is 16.8. The van der Waals surface area contributed by atoms with Crippen molar-refractivity contribution in [1.29, 1.82) is 0 Å². The lowest BCUT2D eigenvalue weighted by Crippen LogP contribution is -2.47. The molecule has 126 valence electrons. The predicted molar refractivity (Wildman–Crippen MR) is 97.3 cm³/mol. The van der Waals surface area contributed by atoms with Gasteiger partial charge in [0.25, 0.3) is 5.91 Å². The van der Waals surface area contributed by atoms with E-state index in [9.17, 15) is 4.79 Å². The molecule has 0 radical (unpaired) electrons. The Labute approximate surface area is 152 Å². The molecular formula is C16H20Cl2N2O2S. The number of amides is 1. The molecule has 1 aliphatic heterocycles. The van der Waals surface area contributed by atoms with E-state index in [-0.39, 0.29) is 5.91 Å². The molecule has 1 saturated heterocycles. The first kappa shape index (κ1) is 18.3. The van der Waals surface area contributed by atoms with E-state index in [4.69, 9.17) is 40.2 Å². The lowest BCUT2D eigenvalue weighted by Gasteiger charge is -2.24. The van der Waals surface area contributed by atoms with Crippen LogP contribution in [0.1, 0.15) is 32.6 Å². The number of carbonyl (C=O) groups is 1. The molecule has 1 aromatic carbocycles. The summed E-state index contributed by atoms with van der Waals surface area (Å²) in [6, 6.07) is 4.88. The molecule has 2 rings (SSSR count). The van der Waals surface area contributed by atoms with E-state index in [1.165, 1.54) is 12.8 Å². The maximum absolute atomic E-state index is 12.2. The monoisotopic (exact) mass is 374 g/mol. The van der Waals surface area contributed by atoms with Crippen LogP contribution in [-0.2, 0) is 4.79 Å². The van der Waals surface area contributed by atoms with Crippen molar-refractivity contribution < 1.29 is 9.53 Å². The average Bonchev–Trinajstić information content (AvgIpc) is 2.79. The van der Waals surface area contributed by atoms with Gasteiger partial charge in [-0.25, -0.2) is 0 Å². The van der Waals surface area contributed by atoms with Gasteiger partial charge in [0, 0.05) is 18.1 Å². The van der Waals surface area contributed by atoms with Crippen molar-refractivity contribution in [2.24, 2.45) is 0 Å². The fraction of sp³-hybridized carbons (Fsp3) is 0.500. The summed E-state index contributed by atoms with van der Waals surface area (Å²) in [7, 11) is 0. The molecule has 4 nitrogen and oxygen atoms in total. The Morgan fingerprint density at radius 2 is 1.91 bits per heavy atom. The number of hydrogen-bond acceptors (Lipinski definition) is 3. The van der Waals surface area contributed by atoms with E-state index < -0.39 is 6.10 Å². The van der Waals surface area contributed by atoms with Crippen LogP contribution in [-0.4, -0.2) is 35.1 Å². The van der Waals surface area contributed by atoms with Gasteiger partial charge in [-0.05, 0) is 50.2 Å². The van der Waals surface area contributed by atoms with Gasteiger partial charge >= 0.3 is 0 Å².